The number of fused-ring (bicyclic) bond motifs is 1. The Hall–Kier alpha value is -2.95. The number of hydrogen-bond donors (Lipinski definition) is 3. The van der Waals surface area contributed by atoms with Gasteiger partial charge in [-0.05, 0) is 55.3 Å². The summed E-state index contributed by atoms with van der Waals surface area (Å²) in [6.07, 6.45) is 1.32. The molecule has 34 heavy (non-hydrogen) atoms. The molecule has 0 aliphatic carbocycles. The molecule has 0 unspecified atom stereocenters. The highest BCUT2D eigenvalue weighted by Gasteiger charge is 2.24. The van der Waals surface area contributed by atoms with Gasteiger partial charge in [0.2, 0.25) is 11.8 Å². The van der Waals surface area contributed by atoms with Crippen molar-refractivity contribution in [3.8, 4) is 0 Å². The van der Waals surface area contributed by atoms with Crippen LogP contribution in [0.5, 0.6) is 0 Å². The quantitative estimate of drug-likeness (QED) is 0.371. The molecule has 3 N–H and O–H groups in total. The monoisotopic (exact) mass is 506 g/mol. The second-order valence-corrected chi connectivity index (χ2v) is 9.68. The normalized spacial score (nSPS) is 14.3. The maximum Gasteiger partial charge on any atom is 0.315 e. The summed E-state index contributed by atoms with van der Waals surface area (Å²) in [5.74, 6) is -2.32. The van der Waals surface area contributed by atoms with E-state index in [2.05, 4.69) is 32.6 Å². The lowest BCUT2D eigenvalue weighted by Crippen LogP contribution is -2.50. The molecule has 0 fully saturated rings. The van der Waals surface area contributed by atoms with Gasteiger partial charge in [-0.1, -0.05) is 17.7 Å². The fraction of sp³-hybridized carbons (Fsp3) is 0.391. The van der Waals surface area contributed by atoms with Gasteiger partial charge in [-0.25, -0.2) is 0 Å². The number of carbonyl (C=O) groups is 4. The van der Waals surface area contributed by atoms with E-state index in [1.165, 1.54) is 18.2 Å². The summed E-state index contributed by atoms with van der Waals surface area (Å²) in [6.45, 7) is 1.70. The minimum absolute atomic E-state index is 0.206. The Labute approximate surface area is 206 Å². The largest absolute Gasteiger partial charge is 0.469 e. The number of methoxy groups -OCH3 is 1. The van der Waals surface area contributed by atoms with Gasteiger partial charge in [-0.3, -0.25) is 19.2 Å². The highest BCUT2D eigenvalue weighted by Crippen LogP contribution is 2.22. The van der Waals surface area contributed by atoms with E-state index < -0.39 is 36.2 Å². The van der Waals surface area contributed by atoms with Crippen LogP contribution in [0.2, 0.25) is 4.34 Å². The van der Waals surface area contributed by atoms with Crippen molar-refractivity contribution in [3.05, 3.63) is 50.7 Å². The van der Waals surface area contributed by atoms with Crippen LogP contribution in [0, 0.1) is 0 Å². The molecule has 1 aromatic carbocycles. The number of carbonyl (C=O) groups excluding carboxylic acids is 4. The lowest BCUT2D eigenvalue weighted by Gasteiger charge is -2.19. The Morgan fingerprint density at radius 2 is 1.85 bits per heavy atom. The average Bonchev–Trinajstić information content (AvgIpc) is 3.16. The maximum atomic E-state index is 13.1. The number of anilines is 1. The van der Waals surface area contributed by atoms with Crippen molar-refractivity contribution < 1.29 is 23.9 Å². The van der Waals surface area contributed by atoms with Gasteiger partial charge in [-0.15, -0.1) is 11.3 Å². The molecule has 0 radical (unpaired) electrons. The summed E-state index contributed by atoms with van der Waals surface area (Å²) in [5.41, 5.74) is 3.02. The minimum Gasteiger partial charge on any atom is -0.469 e. The SMILES string of the molecule is COC(=O)CC(=O)NC[C@@H](NC(=O)c1ccc(Cl)s1)C(=O)Nc1ccc2c(c1)CCN(C)CC2. The van der Waals surface area contributed by atoms with Crippen molar-refractivity contribution in [2.75, 3.05) is 39.1 Å². The van der Waals surface area contributed by atoms with E-state index in [1.54, 1.807) is 12.1 Å². The number of rotatable bonds is 8. The number of benzene rings is 1. The number of ether oxygens (including phenoxy) is 1. The third-order valence-electron chi connectivity index (χ3n) is 5.45. The van der Waals surface area contributed by atoms with Crippen LogP contribution in [0.25, 0.3) is 0 Å². The van der Waals surface area contributed by atoms with Crippen LogP contribution in [0.3, 0.4) is 0 Å². The molecular weight excluding hydrogens is 480 g/mol. The van der Waals surface area contributed by atoms with Crippen LogP contribution >= 0.6 is 22.9 Å². The second kappa shape index (κ2) is 12.0. The number of hydrogen-bond acceptors (Lipinski definition) is 7. The summed E-state index contributed by atoms with van der Waals surface area (Å²) in [4.78, 5) is 51.6. The van der Waals surface area contributed by atoms with E-state index in [4.69, 9.17) is 11.6 Å². The van der Waals surface area contributed by atoms with E-state index >= 15 is 0 Å². The molecule has 0 saturated carbocycles. The molecule has 11 heteroatoms. The number of thiophene rings is 1. The molecule has 1 atom stereocenters. The Morgan fingerprint density at radius 1 is 1.12 bits per heavy atom. The van der Waals surface area contributed by atoms with Gasteiger partial charge in [0.25, 0.3) is 5.91 Å². The molecule has 2 heterocycles. The molecule has 9 nitrogen and oxygen atoms in total. The average molecular weight is 507 g/mol. The molecular formula is C23H27ClN4O5S. The number of esters is 1. The number of nitrogens with one attached hydrogen (secondary N) is 3. The third kappa shape index (κ3) is 7.28. The summed E-state index contributed by atoms with van der Waals surface area (Å²) >= 11 is 6.99. The van der Waals surface area contributed by atoms with Crippen LogP contribution in [0.4, 0.5) is 5.69 Å². The van der Waals surface area contributed by atoms with E-state index in [-0.39, 0.29) is 6.54 Å². The van der Waals surface area contributed by atoms with Crippen molar-refractivity contribution in [3.63, 3.8) is 0 Å². The molecule has 0 spiro atoms. The highest BCUT2D eigenvalue weighted by atomic mass is 35.5. The van der Waals surface area contributed by atoms with E-state index in [0.29, 0.717) is 14.9 Å². The number of amides is 3. The molecule has 1 aliphatic rings. The molecule has 182 valence electrons. The van der Waals surface area contributed by atoms with Gasteiger partial charge in [0.05, 0.1) is 16.3 Å². The summed E-state index contributed by atoms with van der Waals surface area (Å²) in [7, 11) is 3.26. The first-order valence-electron chi connectivity index (χ1n) is 10.8. The van der Waals surface area contributed by atoms with Crippen molar-refractivity contribution in [1.29, 1.82) is 0 Å². The molecule has 0 bridgehead atoms. The van der Waals surface area contributed by atoms with E-state index in [9.17, 15) is 19.2 Å². The lowest BCUT2D eigenvalue weighted by atomic mass is 10.0. The fourth-order valence-electron chi connectivity index (χ4n) is 3.50. The van der Waals surface area contributed by atoms with Crippen LogP contribution in [-0.2, 0) is 32.0 Å². The minimum atomic E-state index is -1.08. The fourth-order valence-corrected chi connectivity index (χ4v) is 4.45. The summed E-state index contributed by atoms with van der Waals surface area (Å²) < 4.78 is 4.91. The Morgan fingerprint density at radius 3 is 2.53 bits per heavy atom. The van der Waals surface area contributed by atoms with Crippen LogP contribution in [0.15, 0.2) is 30.3 Å². The van der Waals surface area contributed by atoms with Crippen molar-refractivity contribution >= 4 is 52.3 Å². The molecule has 2 aromatic rings. The molecule has 3 rings (SSSR count). The number of halogens is 1. The van der Waals surface area contributed by atoms with Crippen molar-refractivity contribution in [1.82, 2.24) is 15.5 Å². The lowest BCUT2D eigenvalue weighted by molar-refractivity contribution is -0.143. The Balaban J connectivity index is 1.70. The van der Waals surface area contributed by atoms with Crippen LogP contribution in [0.1, 0.15) is 27.2 Å². The zero-order valence-corrected chi connectivity index (χ0v) is 20.6. The molecule has 3 amide bonds. The van der Waals surface area contributed by atoms with Crippen molar-refractivity contribution in [2.45, 2.75) is 25.3 Å². The predicted molar refractivity (Wildman–Crippen MR) is 130 cm³/mol. The van der Waals surface area contributed by atoms with Gasteiger partial charge < -0.3 is 25.6 Å². The van der Waals surface area contributed by atoms with Crippen LogP contribution in [-0.4, -0.2) is 68.4 Å². The maximum absolute atomic E-state index is 13.1. The Bertz CT molecular complexity index is 1070. The predicted octanol–water partition coefficient (Wildman–Crippen LogP) is 1.85. The Kier molecular flexibility index (Phi) is 9.03. The van der Waals surface area contributed by atoms with Crippen molar-refractivity contribution in [2.24, 2.45) is 0 Å². The van der Waals surface area contributed by atoms with E-state index in [1.807, 2.05) is 18.2 Å². The van der Waals surface area contributed by atoms with Gasteiger partial charge in [0.15, 0.2) is 0 Å². The van der Waals surface area contributed by atoms with Gasteiger partial charge >= 0.3 is 5.97 Å². The summed E-state index contributed by atoms with van der Waals surface area (Å²) in [6, 6.07) is 7.83. The molecule has 0 saturated heterocycles. The highest BCUT2D eigenvalue weighted by molar-refractivity contribution is 7.18. The standard InChI is InChI=1S/C23H27ClN4O5S/c1-28-9-7-14-3-4-16(11-15(14)8-10-28)26-22(31)17(13-25-20(29)12-21(30)33-2)27-23(32)18-5-6-19(24)34-18/h3-6,11,17H,7-10,12-13H2,1-2H3,(H,25,29)(H,26,31)(H,27,32)/t17-/m1/s1. The zero-order valence-electron chi connectivity index (χ0n) is 19.0. The first-order chi connectivity index (χ1) is 16.2. The van der Waals surface area contributed by atoms with Gasteiger partial charge in [0, 0.05) is 25.3 Å². The topological polar surface area (TPSA) is 117 Å². The molecule has 1 aliphatic heterocycles. The first-order valence-corrected chi connectivity index (χ1v) is 12.0. The van der Waals surface area contributed by atoms with Gasteiger partial charge in [0.1, 0.15) is 12.5 Å². The van der Waals surface area contributed by atoms with Gasteiger partial charge in [-0.2, -0.15) is 0 Å². The van der Waals surface area contributed by atoms with E-state index in [0.717, 1.165) is 37.3 Å². The summed E-state index contributed by atoms with van der Waals surface area (Å²) in [5, 5.41) is 7.96. The third-order valence-corrected chi connectivity index (χ3v) is 6.68. The number of likely N-dealkylation sites (N-methyl/N-ethyl adjacent to an activating group) is 1. The molecule has 1 aromatic heterocycles. The zero-order chi connectivity index (χ0) is 24.7. The smallest absolute Gasteiger partial charge is 0.315 e. The van der Waals surface area contributed by atoms with Crippen LogP contribution < -0.4 is 16.0 Å². The second-order valence-electron chi connectivity index (χ2n) is 7.96. The number of nitrogens with zero attached hydrogens (tertiary/aromatic N) is 1. The first kappa shape index (κ1) is 25.7.